The average molecular weight is 335 g/mol. The number of hydrogen-bond donors (Lipinski definition) is 0. The topological polar surface area (TPSA) is 18.5 Å². The Morgan fingerprint density at radius 2 is 1.74 bits per heavy atom. The molecule has 1 saturated heterocycles. The van der Waals surface area contributed by atoms with Gasteiger partial charge in [-0.05, 0) is 12.0 Å². The van der Waals surface area contributed by atoms with Crippen molar-refractivity contribution in [2.45, 2.75) is 31.2 Å². The van der Waals surface area contributed by atoms with E-state index in [0.717, 1.165) is 17.1 Å². The minimum absolute atomic E-state index is 0.0900. The SMILES string of the molecule is COC(C[N+]1(C)[C@@H]2c3ccccc3CC[C@@H]21)OC.F[B-](F)(F)F. The van der Waals surface area contributed by atoms with Gasteiger partial charge in [0.25, 0.3) is 0 Å². The fourth-order valence-electron chi connectivity index (χ4n) is 3.72. The molecule has 0 saturated carbocycles. The zero-order valence-corrected chi connectivity index (χ0v) is 13.5. The summed E-state index contributed by atoms with van der Waals surface area (Å²) in [6.45, 7) is 0.941. The van der Waals surface area contributed by atoms with Gasteiger partial charge < -0.3 is 31.2 Å². The minimum Gasteiger partial charge on any atom is -0.418 e. The Morgan fingerprint density at radius 3 is 2.30 bits per heavy atom. The van der Waals surface area contributed by atoms with Crippen molar-refractivity contribution in [2.24, 2.45) is 0 Å². The molecule has 0 aromatic heterocycles. The van der Waals surface area contributed by atoms with Crippen molar-refractivity contribution in [3.05, 3.63) is 35.4 Å². The summed E-state index contributed by atoms with van der Waals surface area (Å²) in [5.41, 5.74) is 3.08. The number of fused-ring (bicyclic) bond motifs is 3. The molecule has 1 unspecified atom stereocenters. The molecule has 8 heteroatoms. The summed E-state index contributed by atoms with van der Waals surface area (Å²) in [5, 5.41) is 0. The first-order chi connectivity index (χ1) is 10.7. The summed E-state index contributed by atoms with van der Waals surface area (Å²) in [6.07, 6.45) is 2.42. The highest BCUT2D eigenvalue weighted by Crippen LogP contribution is 2.56. The largest absolute Gasteiger partial charge is 0.673 e. The summed E-state index contributed by atoms with van der Waals surface area (Å²) >= 11 is 0. The van der Waals surface area contributed by atoms with Gasteiger partial charge >= 0.3 is 7.25 Å². The fourth-order valence-corrected chi connectivity index (χ4v) is 3.72. The van der Waals surface area contributed by atoms with E-state index in [-0.39, 0.29) is 6.29 Å². The van der Waals surface area contributed by atoms with Gasteiger partial charge in [-0.2, -0.15) is 0 Å². The third-order valence-electron chi connectivity index (χ3n) is 4.82. The molecule has 3 nitrogen and oxygen atoms in total. The van der Waals surface area contributed by atoms with Crippen LogP contribution in [0.25, 0.3) is 0 Å². The lowest BCUT2D eigenvalue weighted by Crippen LogP contribution is -2.35. The predicted molar refractivity (Wildman–Crippen MR) is 80.3 cm³/mol. The van der Waals surface area contributed by atoms with Gasteiger partial charge in [0.2, 0.25) is 6.29 Å². The summed E-state index contributed by atoms with van der Waals surface area (Å²) < 4.78 is 50.8. The van der Waals surface area contributed by atoms with Crippen LogP contribution in [0.1, 0.15) is 23.6 Å². The van der Waals surface area contributed by atoms with E-state index in [2.05, 4.69) is 31.3 Å². The zero-order valence-electron chi connectivity index (χ0n) is 13.5. The molecule has 0 radical (unpaired) electrons. The third-order valence-corrected chi connectivity index (χ3v) is 4.82. The predicted octanol–water partition coefficient (Wildman–Crippen LogP) is 3.42. The van der Waals surface area contributed by atoms with E-state index in [1.807, 2.05) is 0 Å². The number of ether oxygens (including phenoxy) is 2. The van der Waals surface area contributed by atoms with Gasteiger partial charge in [-0.25, -0.2) is 0 Å². The van der Waals surface area contributed by atoms with Crippen LogP contribution in [0.3, 0.4) is 0 Å². The third kappa shape index (κ3) is 4.25. The van der Waals surface area contributed by atoms with Crippen molar-refractivity contribution in [1.29, 1.82) is 0 Å². The molecule has 0 N–H and O–H groups in total. The lowest BCUT2D eigenvalue weighted by Gasteiger charge is -2.21. The van der Waals surface area contributed by atoms with Crippen LogP contribution in [-0.4, -0.2) is 51.9 Å². The monoisotopic (exact) mass is 335 g/mol. The van der Waals surface area contributed by atoms with Gasteiger partial charge in [0.05, 0.1) is 7.05 Å². The van der Waals surface area contributed by atoms with Crippen molar-refractivity contribution in [2.75, 3.05) is 27.8 Å². The first kappa shape index (κ1) is 18.2. The summed E-state index contributed by atoms with van der Waals surface area (Å²) in [4.78, 5) is 0. The molecule has 1 aliphatic carbocycles. The van der Waals surface area contributed by atoms with Crippen LogP contribution < -0.4 is 0 Å². The van der Waals surface area contributed by atoms with E-state index >= 15 is 0 Å². The highest BCUT2D eigenvalue weighted by atomic mass is 19.5. The Bertz CT molecular complexity index is 532. The molecular formula is C15H22BF4NO2. The molecule has 3 atom stereocenters. The molecule has 1 aliphatic heterocycles. The first-order valence-electron chi connectivity index (χ1n) is 7.56. The molecule has 1 fully saturated rings. The normalized spacial score (nSPS) is 28.5. The second-order valence-corrected chi connectivity index (χ2v) is 6.17. The van der Waals surface area contributed by atoms with Crippen LogP contribution in [0.4, 0.5) is 17.3 Å². The van der Waals surface area contributed by atoms with Gasteiger partial charge in [0.1, 0.15) is 12.6 Å². The van der Waals surface area contributed by atoms with Crippen molar-refractivity contribution in [3.8, 4) is 0 Å². The lowest BCUT2D eigenvalue weighted by atomic mass is 9.92. The quantitative estimate of drug-likeness (QED) is 0.276. The number of methoxy groups -OCH3 is 2. The summed E-state index contributed by atoms with van der Waals surface area (Å²) in [7, 11) is -0.217. The molecule has 23 heavy (non-hydrogen) atoms. The molecule has 1 heterocycles. The van der Waals surface area contributed by atoms with Crippen molar-refractivity contribution in [1.82, 2.24) is 0 Å². The Kier molecular flexibility index (Phi) is 5.38. The van der Waals surface area contributed by atoms with Crippen LogP contribution in [0.5, 0.6) is 0 Å². The van der Waals surface area contributed by atoms with Crippen molar-refractivity contribution >= 4 is 7.25 Å². The van der Waals surface area contributed by atoms with E-state index in [9.17, 15) is 17.3 Å². The Labute approximate surface area is 133 Å². The molecule has 1 aromatic carbocycles. The number of quaternary nitrogens is 1. The Morgan fingerprint density at radius 1 is 1.17 bits per heavy atom. The van der Waals surface area contributed by atoms with Crippen LogP contribution >= 0.6 is 0 Å². The zero-order chi connectivity index (χ0) is 17.3. The number of benzene rings is 1. The molecule has 130 valence electrons. The van der Waals surface area contributed by atoms with Gasteiger partial charge in [0.15, 0.2) is 6.04 Å². The molecule has 1 aromatic rings. The van der Waals surface area contributed by atoms with Gasteiger partial charge in [-0.3, -0.25) is 0 Å². The lowest BCUT2D eigenvalue weighted by molar-refractivity contribution is -0.816. The van der Waals surface area contributed by atoms with E-state index in [1.165, 1.54) is 18.4 Å². The number of likely N-dealkylation sites (N-methyl/N-ethyl adjacent to an activating group) is 1. The minimum atomic E-state index is -6.00. The van der Waals surface area contributed by atoms with Gasteiger partial charge in [-0.1, -0.05) is 24.3 Å². The second kappa shape index (κ2) is 6.79. The molecule has 2 aliphatic rings. The van der Waals surface area contributed by atoms with Crippen LogP contribution in [-0.2, 0) is 15.9 Å². The highest BCUT2D eigenvalue weighted by molar-refractivity contribution is 6.50. The summed E-state index contributed by atoms with van der Waals surface area (Å²) in [5.74, 6) is 0. The van der Waals surface area contributed by atoms with Crippen molar-refractivity contribution < 1.29 is 31.2 Å². The smallest absolute Gasteiger partial charge is 0.418 e. The highest BCUT2D eigenvalue weighted by Gasteiger charge is 2.66. The maximum atomic E-state index is 9.75. The van der Waals surface area contributed by atoms with E-state index in [0.29, 0.717) is 6.04 Å². The summed E-state index contributed by atoms with van der Waals surface area (Å²) in [6, 6.07) is 10.3. The molecule has 3 rings (SSSR count). The molecule has 0 spiro atoms. The molecule has 0 bridgehead atoms. The second-order valence-electron chi connectivity index (χ2n) is 6.17. The molecular weight excluding hydrogens is 313 g/mol. The maximum Gasteiger partial charge on any atom is 0.673 e. The van der Waals surface area contributed by atoms with E-state index in [1.54, 1.807) is 19.8 Å². The van der Waals surface area contributed by atoms with Gasteiger partial charge in [0, 0.05) is 26.2 Å². The van der Waals surface area contributed by atoms with Crippen LogP contribution in [0, 0.1) is 0 Å². The van der Waals surface area contributed by atoms with E-state index in [4.69, 9.17) is 9.47 Å². The Hall–Kier alpha value is -1.12. The maximum absolute atomic E-state index is 9.75. The number of aryl methyl sites for hydroxylation is 1. The fraction of sp³-hybridized carbons (Fsp3) is 0.600. The molecule has 0 amide bonds. The first-order valence-corrected chi connectivity index (χ1v) is 7.56. The number of hydrogen-bond acceptors (Lipinski definition) is 2. The van der Waals surface area contributed by atoms with Crippen LogP contribution in [0.15, 0.2) is 24.3 Å². The van der Waals surface area contributed by atoms with E-state index < -0.39 is 7.25 Å². The number of nitrogens with zero attached hydrogens (tertiary/aromatic N) is 1. The standard InChI is InChI=1S/C15H22NO2.BF4/c1-16(10-14(17-2)18-3)13-9-8-11-6-4-5-7-12(11)15(13)16;2-1(3,4)5/h4-7,13-15H,8-10H2,1-3H3;/q+1;-1/t13-,15+,16?;/m0./s1. The average Bonchev–Trinajstić information content (AvgIpc) is 3.09. The van der Waals surface area contributed by atoms with Crippen molar-refractivity contribution in [3.63, 3.8) is 0 Å². The number of rotatable bonds is 4. The Balaban J connectivity index is 0.000000338. The number of halogens is 4. The van der Waals surface area contributed by atoms with Crippen LogP contribution in [0.2, 0.25) is 0 Å². The van der Waals surface area contributed by atoms with Gasteiger partial charge in [-0.15, -0.1) is 0 Å².